The number of aromatic nitrogens is 4. The molecule has 0 atom stereocenters. The van der Waals surface area contributed by atoms with E-state index in [0.717, 1.165) is 19.0 Å². The summed E-state index contributed by atoms with van der Waals surface area (Å²) >= 11 is 0. The van der Waals surface area contributed by atoms with Gasteiger partial charge in [-0.3, -0.25) is 5.10 Å². The van der Waals surface area contributed by atoms with Gasteiger partial charge < -0.3 is 0 Å². The predicted octanol–water partition coefficient (Wildman–Crippen LogP) is 2.05. The van der Waals surface area contributed by atoms with Crippen LogP contribution in [0.3, 0.4) is 0 Å². The summed E-state index contributed by atoms with van der Waals surface area (Å²) in [5.74, 6) is 6.33. The fourth-order valence-corrected chi connectivity index (χ4v) is 1.40. The van der Waals surface area contributed by atoms with Crippen LogP contribution in [0.2, 0.25) is 0 Å². The minimum atomic E-state index is -2.63. The molecule has 17 heavy (non-hydrogen) atoms. The van der Waals surface area contributed by atoms with Crippen molar-refractivity contribution in [1.29, 1.82) is 0 Å². The Morgan fingerprint density at radius 1 is 1.41 bits per heavy atom. The summed E-state index contributed by atoms with van der Waals surface area (Å²) < 4.78 is 25.0. The quantitative estimate of drug-likeness (QED) is 0.768. The van der Waals surface area contributed by atoms with Crippen molar-refractivity contribution >= 4 is 11.2 Å². The summed E-state index contributed by atoms with van der Waals surface area (Å²) in [4.78, 5) is 7.64. The van der Waals surface area contributed by atoms with Gasteiger partial charge in [0.2, 0.25) is 5.65 Å². The standard InChI is InChI=1S/C11H8F2N4/c12-10(13)8-5-14-11-9(15-8)7(16-17-11)4-3-6-1-2-6/h5-6,10H,1-2H2,(H,14,16,17). The number of rotatable bonds is 1. The molecule has 1 aliphatic rings. The van der Waals surface area contributed by atoms with Gasteiger partial charge in [-0.05, 0) is 18.8 Å². The second kappa shape index (κ2) is 3.77. The number of hydrogen-bond donors (Lipinski definition) is 1. The lowest BCUT2D eigenvalue weighted by atomic mass is 10.3. The molecule has 0 amide bonds. The van der Waals surface area contributed by atoms with Crippen LogP contribution in [0, 0.1) is 17.8 Å². The van der Waals surface area contributed by atoms with E-state index < -0.39 is 6.43 Å². The van der Waals surface area contributed by atoms with Crippen molar-refractivity contribution in [2.75, 3.05) is 0 Å². The molecule has 4 nitrogen and oxygen atoms in total. The Labute approximate surface area is 95.5 Å². The second-order valence-electron chi connectivity index (χ2n) is 3.91. The highest BCUT2D eigenvalue weighted by molar-refractivity contribution is 5.76. The second-order valence-corrected chi connectivity index (χ2v) is 3.91. The van der Waals surface area contributed by atoms with E-state index in [-0.39, 0.29) is 5.69 Å². The van der Waals surface area contributed by atoms with Gasteiger partial charge in [-0.2, -0.15) is 5.10 Å². The summed E-state index contributed by atoms with van der Waals surface area (Å²) in [5, 5.41) is 6.54. The molecule has 0 spiro atoms. The molecule has 0 unspecified atom stereocenters. The van der Waals surface area contributed by atoms with E-state index in [9.17, 15) is 8.78 Å². The molecule has 0 bridgehead atoms. The monoisotopic (exact) mass is 234 g/mol. The van der Waals surface area contributed by atoms with Crippen LogP contribution < -0.4 is 0 Å². The number of aromatic amines is 1. The molecule has 0 aromatic carbocycles. The summed E-state index contributed by atoms with van der Waals surface area (Å²) in [6.45, 7) is 0. The number of nitrogens with one attached hydrogen (secondary N) is 1. The van der Waals surface area contributed by atoms with Gasteiger partial charge in [0.05, 0.1) is 6.20 Å². The topological polar surface area (TPSA) is 54.5 Å². The average Bonchev–Trinajstić information content (AvgIpc) is 3.06. The maximum absolute atomic E-state index is 12.5. The van der Waals surface area contributed by atoms with E-state index in [1.54, 1.807) is 0 Å². The number of alkyl halides is 2. The number of nitrogens with zero attached hydrogens (tertiary/aromatic N) is 3. The fraction of sp³-hybridized carbons (Fsp3) is 0.364. The normalized spacial score (nSPS) is 15.0. The van der Waals surface area contributed by atoms with Crippen LogP contribution in [0.15, 0.2) is 6.20 Å². The highest BCUT2D eigenvalue weighted by Gasteiger charge is 2.18. The largest absolute Gasteiger partial charge is 0.281 e. The molecule has 1 aliphatic carbocycles. The zero-order valence-electron chi connectivity index (χ0n) is 8.74. The molecule has 1 fully saturated rings. The third kappa shape index (κ3) is 1.96. The summed E-state index contributed by atoms with van der Waals surface area (Å²) in [6, 6.07) is 0. The molecular formula is C11H8F2N4. The zero-order chi connectivity index (χ0) is 11.8. The predicted molar refractivity (Wildman–Crippen MR) is 56.2 cm³/mol. The fourth-order valence-electron chi connectivity index (χ4n) is 1.40. The number of halogens is 2. The Balaban J connectivity index is 2.06. The molecule has 0 radical (unpaired) electrons. The van der Waals surface area contributed by atoms with E-state index >= 15 is 0 Å². The van der Waals surface area contributed by atoms with Gasteiger partial charge in [0.1, 0.15) is 16.9 Å². The third-order valence-corrected chi connectivity index (χ3v) is 2.48. The van der Waals surface area contributed by atoms with E-state index in [0.29, 0.717) is 22.8 Å². The van der Waals surface area contributed by atoms with E-state index in [4.69, 9.17) is 0 Å². The van der Waals surface area contributed by atoms with Crippen LogP contribution in [0.1, 0.15) is 30.7 Å². The van der Waals surface area contributed by atoms with Crippen LogP contribution in [0.4, 0.5) is 8.78 Å². The van der Waals surface area contributed by atoms with Crippen molar-refractivity contribution in [1.82, 2.24) is 20.2 Å². The van der Waals surface area contributed by atoms with E-state index in [1.165, 1.54) is 0 Å². The van der Waals surface area contributed by atoms with Gasteiger partial charge in [0, 0.05) is 5.92 Å². The zero-order valence-corrected chi connectivity index (χ0v) is 8.74. The van der Waals surface area contributed by atoms with Gasteiger partial charge in [-0.1, -0.05) is 5.92 Å². The minimum Gasteiger partial charge on any atom is -0.266 e. The first kappa shape index (κ1) is 10.1. The summed E-state index contributed by atoms with van der Waals surface area (Å²) in [5.41, 5.74) is 0.737. The molecule has 86 valence electrons. The Morgan fingerprint density at radius 3 is 2.94 bits per heavy atom. The van der Waals surface area contributed by atoms with Crippen molar-refractivity contribution in [3.63, 3.8) is 0 Å². The number of fused-ring (bicyclic) bond motifs is 1. The van der Waals surface area contributed by atoms with Crippen molar-refractivity contribution in [3.8, 4) is 11.8 Å². The van der Waals surface area contributed by atoms with Crippen LogP contribution in [0.5, 0.6) is 0 Å². The van der Waals surface area contributed by atoms with Crippen LogP contribution >= 0.6 is 0 Å². The highest BCUT2D eigenvalue weighted by Crippen LogP contribution is 2.27. The molecule has 2 heterocycles. The van der Waals surface area contributed by atoms with Crippen LogP contribution in [-0.2, 0) is 0 Å². The number of H-pyrrole nitrogens is 1. The van der Waals surface area contributed by atoms with Gasteiger partial charge in [0.15, 0.2) is 0 Å². The highest BCUT2D eigenvalue weighted by atomic mass is 19.3. The Bertz CT molecular complexity index is 619. The molecule has 6 heteroatoms. The number of hydrogen-bond acceptors (Lipinski definition) is 3. The van der Waals surface area contributed by atoms with Crippen molar-refractivity contribution in [2.45, 2.75) is 19.3 Å². The van der Waals surface area contributed by atoms with E-state index in [1.807, 2.05) is 0 Å². The van der Waals surface area contributed by atoms with Gasteiger partial charge >= 0.3 is 0 Å². The van der Waals surface area contributed by atoms with Crippen LogP contribution in [0.25, 0.3) is 11.2 Å². The molecule has 0 aliphatic heterocycles. The van der Waals surface area contributed by atoms with Gasteiger partial charge in [-0.15, -0.1) is 0 Å². The summed E-state index contributed by atoms with van der Waals surface area (Å²) in [7, 11) is 0. The molecule has 1 N–H and O–H groups in total. The molecule has 2 aromatic rings. The SMILES string of the molecule is FC(F)c1cnc2n[nH]c(C#CC3CC3)c2n1. The van der Waals surface area contributed by atoms with Crippen LogP contribution in [-0.4, -0.2) is 20.2 Å². The van der Waals surface area contributed by atoms with E-state index in [2.05, 4.69) is 32.0 Å². The summed E-state index contributed by atoms with van der Waals surface area (Å²) in [6.07, 6.45) is 0.609. The van der Waals surface area contributed by atoms with Crippen molar-refractivity contribution < 1.29 is 8.78 Å². The first-order valence-corrected chi connectivity index (χ1v) is 5.25. The lowest BCUT2D eigenvalue weighted by Gasteiger charge is -1.96. The van der Waals surface area contributed by atoms with Gasteiger partial charge in [0.25, 0.3) is 6.43 Å². The lowest BCUT2D eigenvalue weighted by Crippen LogP contribution is -1.92. The third-order valence-electron chi connectivity index (χ3n) is 2.48. The van der Waals surface area contributed by atoms with Crippen molar-refractivity contribution in [3.05, 3.63) is 17.6 Å². The molecule has 1 saturated carbocycles. The first-order valence-electron chi connectivity index (χ1n) is 5.25. The lowest BCUT2D eigenvalue weighted by molar-refractivity contribution is 0.146. The molecule has 2 aromatic heterocycles. The molecular weight excluding hydrogens is 226 g/mol. The average molecular weight is 234 g/mol. The van der Waals surface area contributed by atoms with Crippen molar-refractivity contribution in [2.24, 2.45) is 5.92 Å². The Kier molecular flexibility index (Phi) is 2.25. The molecule has 0 saturated heterocycles. The maximum Gasteiger partial charge on any atom is 0.281 e. The molecule has 3 rings (SSSR count). The maximum atomic E-state index is 12.5. The Hall–Kier alpha value is -2.03. The Morgan fingerprint density at radius 2 is 2.24 bits per heavy atom. The smallest absolute Gasteiger partial charge is 0.266 e. The minimum absolute atomic E-state index is 0.314. The first-order chi connectivity index (χ1) is 8.24. The van der Waals surface area contributed by atoms with Gasteiger partial charge in [-0.25, -0.2) is 18.7 Å².